The zero-order chi connectivity index (χ0) is 13.9. The molecule has 1 aromatic carbocycles. The van der Waals surface area contributed by atoms with E-state index in [4.69, 9.17) is 5.11 Å². The molecule has 2 aromatic rings. The van der Waals surface area contributed by atoms with Gasteiger partial charge in [-0.25, -0.2) is 0 Å². The number of likely N-dealkylation sites (tertiary alicyclic amines) is 1. The number of benzene rings is 1. The predicted octanol–water partition coefficient (Wildman–Crippen LogP) is 1.80. The van der Waals surface area contributed by atoms with Gasteiger partial charge in [0, 0.05) is 30.6 Å². The number of aliphatic hydroxyl groups excluding tert-OH is 1. The molecular weight excluding hydrogens is 254 g/mol. The molecule has 5 nitrogen and oxygen atoms in total. The minimum absolute atomic E-state index is 0.0794. The Morgan fingerprint density at radius 2 is 2.40 bits per heavy atom. The number of aliphatic hydroxyl groups is 1. The van der Waals surface area contributed by atoms with Gasteiger partial charge in [-0.2, -0.15) is 5.10 Å². The fourth-order valence-electron chi connectivity index (χ4n) is 2.93. The van der Waals surface area contributed by atoms with Crippen LogP contribution in [0.1, 0.15) is 29.6 Å². The number of nitrogens with one attached hydrogen (secondary N) is 1. The lowest BCUT2D eigenvalue weighted by Gasteiger charge is -2.32. The second-order valence-corrected chi connectivity index (χ2v) is 5.44. The predicted molar refractivity (Wildman–Crippen MR) is 76.4 cm³/mol. The maximum Gasteiger partial charge on any atom is 0.253 e. The number of hydrogen-bond donors (Lipinski definition) is 2. The highest BCUT2D eigenvalue weighted by atomic mass is 16.3. The van der Waals surface area contributed by atoms with Crippen LogP contribution in [-0.4, -0.2) is 45.8 Å². The van der Waals surface area contributed by atoms with E-state index in [1.807, 2.05) is 23.1 Å². The zero-order valence-corrected chi connectivity index (χ0v) is 11.4. The van der Waals surface area contributed by atoms with Crippen LogP contribution in [0.3, 0.4) is 0 Å². The van der Waals surface area contributed by atoms with Crippen molar-refractivity contribution >= 4 is 16.8 Å². The van der Waals surface area contributed by atoms with Crippen LogP contribution >= 0.6 is 0 Å². The van der Waals surface area contributed by atoms with E-state index >= 15 is 0 Å². The van der Waals surface area contributed by atoms with Gasteiger partial charge in [0.1, 0.15) is 0 Å². The Labute approximate surface area is 117 Å². The van der Waals surface area contributed by atoms with Crippen molar-refractivity contribution in [2.24, 2.45) is 5.92 Å². The first-order chi connectivity index (χ1) is 9.78. The fraction of sp³-hybridized carbons (Fsp3) is 0.467. The number of nitrogens with zero attached hydrogens (tertiary/aromatic N) is 2. The molecule has 1 unspecified atom stereocenters. The maximum atomic E-state index is 12.5. The first-order valence-corrected chi connectivity index (χ1v) is 7.11. The summed E-state index contributed by atoms with van der Waals surface area (Å²) in [6.45, 7) is 1.76. The van der Waals surface area contributed by atoms with Crippen LogP contribution in [0.2, 0.25) is 0 Å². The lowest BCUT2D eigenvalue weighted by molar-refractivity contribution is 0.0654. The van der Waals surface area contributed by atoms with E-state index in [9.17, 15) is 4.79 Å². The molecule has 1 fully saturated rings. The number of aromatic nitrogens is 2. The molecule has 2 N–H and O–H groups in total. The molecule has 1 aromatic heterocycles. The van der Waals surface area contributed by atoms with Gasteiger partial charge in [0.2, 0.25) is 0 Å². The molecule has 5 heteroatoms. The normalized spacial score (nSPS) is 19.4. The summed E-state index contributed by atoms with van der Waals surface area (Å²) in [6, 6.07) is 5.63. The second kappa shape index (κ2) is 5.63. The van der Waals surface area contributed by atoms with Gasteiger partial charge >= 0.3 is 0 Å². The minimum Gasteiger partial charge on any atom is -0.396 e. The second-order valence-electron chi connectivity index (χ2n) is 5.44. The molecule has 1 aliphatic rings. The molecule has 1 aliphatic heterocycles. The van der Waals surface area contributed by atoms with E-state index in [1.54, 1.807) is 6.20 Å². The number of rotatable bonds is 3. The molecule has 0 bridgehead atoms. The zero-order valence-electron chi connectivity index (χ0n) is 11.4. The molecule has 20 heavy (non-hydrogen) atoms. The highest BCUT2D eigenvalue weighted by molar-refractivity contribution is 5.97. The SMILES string of the molecule is O=C(c1ccc2[nH]ncc2c1)N1CCCC(CCO)C1. The molecule has 0 saturated carbocycles. The van der Waals surface area contributed by atoms with Crippen molar-refractivity contribution in [2.45, 2.75) is 19.3 Å². The van der Waals surface area contributed by atoms with Gasteiger partial charge in [0.05, 0.1) is 11.7 Å². The Morgan fingerprint density at radius 1 is 1.50 bits per heavy atom. The van der Waals surface area contributed by atoms with Crippen LogP contribution in [0.25, 0.3) is 10.9 Å². The molecule has 2 heterocycles. The molecule has 106 valence electrons. The molecule has 0 aliphatic carbocycles. The third-order valence-corrected chi connectivity index (χ3v) is 4.03. The standard InChI is InChI=1S/C15H19N3O2/c19-7-5-11-2-1-6-18(10-11)15(20)12-3-4-14-13(8-12)9-16-17-14/h3-4,8-9,11,19H,1-2,5-7,10H2,(H,16,17). The Hall–Kier alpha value is -1.88. The van der Waals surface area contributed by atoms with Crippen molar-refractivity contribution < 1.29 is 9.90 Å². The van der Waals surface area contributed by atoms with Gasteiger partial charge in [-0.1, -0.05) is 0 Å². The Morgan fingerprint density at radius 3 is 3.25 bits per heavy atom. The van der Waals surface area contributed by atoms with Gasteiger partial charge in [-0.15, -0.1) is 0 Å². The quantitative estimate of drug-likeness (QED) is 0.896. The van der Waals surface area contributed by atoms with Crippen molar-refractivity contribution in [2.75, 3.05) is 19.7 Å². The number of piperidine rings is 1. The number of carbonyl (C=O) groups excluding carboxylic acids is 1. The fourth-order valence-corrected chi connectivity index (χ4v) is 2.93. The molecule has 1 saturated heterocycles. The largest absolute Gasteiger partial charge is 0.396 e. The van der Waals surface area contributed by atoms with Crippen LogP contribution < -0.4 is 0 Å². The average Bonchev–Trinajstić information content (AvgIpc) is 2.94. The van der Waals surface area contributed by atoms with Crippen LogP contribution in [0.4, 0.5) is 0 Å². The number of fused-ring (bicyclic) bond motifs is 1. The molecule has 0 spiro atoms. The van der Waals surface area contributed by atoms with E-state index in [0.29, 0.717) is 11.5 Å². The summed E-state index contributed by atoms with van der Waals surface area (Å²) in [5.41, 5.74) is 1.65. The van der Waals surface area contributed by atoms with E-state index in [1.165, 1.54) is 0 Å². The van der Waals surface area contributed by atoms with Crippen LogP contribution in [0, 0.1) is 5.92 Å². The Bertz CT molecular complexity index is 606. The van der Waals surface area contributed by atoms with Crippen LogP contribution in [0.5, 0.6) is 0 Å². The van der Waals surface area contributed by atoms with Crippen LogP contribution in [0.15, 0.2) is 24.4 Å². The molecule has 1 atom stereocenters. The van der Waals surface area contributed by atoms with E-state index in [-0.39, 0.29) is 12.5 Å². The summed E-state index contributed by atoms with van der Waals surface area (Å²) < 4.78 is 0. The summed E-state index contributed by atoms with van der Waals surface area (Å²) >= 11 is 0. The molecule has 1 amide bonds. The van der Waals surface area contributed by atoms with Gasteiger partial charge in [0.25, 0.3) is 5.91 Å². The summed E-state index contributed by atoms with van der Waals surface area (Å²) in [7, 11) is 0. The minimum atomic E-state index is 0.0794. The van der Waals surface area contributed by atoms with Crippen molar-refractivity contribution in [1.29, 1.82) is 0 Å². The molecule has 0 radical (unpaired) electrons. The summed E-state index contributed by atoms with van der Waals surface area (Å²) in [5, 5.41) is 16.9. The number of aromatic amines is 1. The summed E-state index contributed by atoms with van der Waals surface area (Å²) in [4.78, 5) is 14.5. The molecular formula is C15H19N3O2. The van der Waals surface area contributed by atoms with Gasteiger partial charge in [-0.3, -0.25) is 9.89 Å². The van der Waals surface area contributed by atoms with Gasteiger partial charge in [0.15, 0.2) is 0 Å². The smallest absolute Gasteiger partial charge is 0.253 e. The molecule has 3 rings (SSSR count). The lowest BCUT2D eigenvalue weighted by atomic mass is 9.94. The first kappa shape index (κ1) is 13.1. The highest BCUT2D eigenvalue weighted by Crippen LogP contribution is 2.22. The highest BCUT2D eigenvalue weighted by Gasteiger charge is 2.24. The maximum absolute atomic E-state index is 12.5. The topological polar surface area (TPSA) is 69.2 Å². The van der Waals surface area contributed by atoms with Crippen molar-refractivity contribution in [3.05, 3.63) is 30.0 Å². The van der Waals surface area contributed by atoms with Gasteiger partial charge < -0.3 is 10.0 Å². The van der Waals surface area contributed by atoms with Crippen LogP contribution in [-0.2, 0) is 0 Å². The third-order valence-electron chi connectivity index (χ3n) is 4.03. The van der Waals surface area contributed by atoms with Crippen molar-refractivity contribution in [3.63, 3.8) is 0 Å². The van der Waals surface area contributed by atoms with Gasteiger partial charge in [-0.05, 0) is 43.4 Å². The average molecular weight is 273 g/mol. The van der Waals surface area contributed by atoms with E-state index in [2.05, 4.69) is 10.2 Å². The monoisotopic (exact) mass is 273 g/mol. The van der Waals surface area contributed by atoms with E-state index in [0.717, 1.165) is 43.3 Å². The summed E-state index contributed by atoms with van der Waals surface area (Å²) in [6.07, 6.45) is 4.64. The van der Waals surface area contributed by atoms with Crippen molar-refractivity contribution in [1.82, 2.24) is 15.1 Å². The number of hydrogen-bond acceptors (Lipinski definition) is 3. The summed E-state index contributed by atoms with van der Waals surface area (Å²) in [5.74, 6) is 0.506. The van der Waals surface area contributed by atoms with E-state index < -0.39 is 0 Å². The third kappa shape index (κ3) is 2.54. The number of carbonyl (C=O) groups is 1. The Kier molecular flexibility index (Phi) is 3.69. The Balaban J connectivity index is 1.77. The first-order valence-electron chi connectivity index (χ1n) is 7.11. The lowest BCUT2D eigenvalue weighted by Crippen LogP contribution is -2.40. The van der Waals surface area contributed by atoms with Crippen molar-refractivity contribution in [3.8, 4) is 0 Å². The number of H-pyrrole nitrogens is 1. The number of amides is 1.